The number of nitrogens with zero attached hydrogens (tertiary/aromatic N) is 1. The smallest absolute Gasteiger partial charge is 0.163 e. The highest BCUT2D eigenvalue weighted by Crippen LogP contribution is 2.26. The molecule has 0 bridgehead atoms. The van der Waals surface area contributed by atoms with Gasteiger partial charge in [0.2, 0.25) is 0 Å². The lowest BCUT2D eigenvalue weighted by Crippen LogP contribution is -2.01. The molecule has 15 heavy (non-hydrogen) atoms. The summed E-state index contributed by atoms with van der Waals surface area (Å²) in [6.45, 7) is 3.45. The maximum absolute atomic E-state index is 11.4. The van der Waals surface area contributed by atoms with Crippen LogP contribution in [0, 0.1) is 11.3 Å². The minimum atomic E-state index is -0.0846. The first-order chi connectivity index (χ1) is 7.13. The van der Waals surface area contributed by atoms with Gasteiger partial charge in [-0.1, -0.05) is 6.92 Å². The molecule has 0 N–H and O–H groups in total. The third-order valence-corrected chi connectivity index (χ3v) is 2.26. The Morgan fingerprint density at radius 1 is 1.53 bits per heavy atom. The van der Waals surface area contributed by atoms with Crippen molar-refractivity contribution in [1.82, 2.24) is 0 Å². The number of aryl methyl sites for hydroxylation is 1. The van der Waals surface area contributed by atoms with E-state index in [0.717, 1.165) is 12.0 Å². The van der Waals surface area contributed by atoms with Gasteiger partial charge < -0.3 is 4.74 Å². The summed E-state index contributed by atoms with van der Waals surface area (Å²) in [6.07, 6.45) is 0.791. The van der Waals surface area contributed by atoms with Gasteiger partial charge in [0.1, 0.15) is 11.8 Å². The molecule has 0 heterocycles. The lowest BCUT2D eigenvalue weighted by Gasteiger charge is -2.09. The second-order valence-corrected chi connectivity index (χ2v) is 3.25. The molecule has 3 nitrogen and oxygen atoms in total. The summed E-state index contributed by atoms with van der Waals surface area (Å²) in [6, 6.07) is 5.57. The molecule has 1 aromatic carbocycles. The molecule has 3 heteroatoms. The highest BCUT2D eigenvalue weighted by molar-refractivity contribution is 5.97. The van der Waals surface area contributed by atoms with E-state index in [4.69, 9.17) is 10.00 Å². The Labute approximate surface area is 89.3 Å². The van der Waals surface area contributed by atoms with Crippen LogP contribution in [-0.2, 0) is 6.42 Å². The summed E-state index contributed by atoms with van der Waals surface area (Å²) in [5.41, 5.74) is 1.87. The molecule has 0 saturated heterocycles. The summed E-state index contributed by atoms with van der Waals surface area (Å²) in [7, 11) is 1.47. The van der Waals surface area contributed by atoms with Crippen molar-refractivity contribution < 1.29 is 9.53 Å². The van der Waals surface area contributed by atoms with Gasteiger partial charge in [0.25, 0.3) is 0 Å². The zero-order valence-corrected chi connectivity index (χ0v) is 9.13. The van der Waals surface area contributed by atoms with Crippen molar-refractivity contribution in [2.75, 3.05) is 7.11 Å². The Bertz CT molecular complexity index is 430. The summed E-state index contributed by atoms with van der Waals surface area (Å²) in [5, 5.41) is 8.93. The molecule has 0 unspecified atom stereocenters. The molecular weight excluding hydrogens is 190 g/mol. The third-order valence-electron chi connectivity index (χ3n) is 2.26. The number of rotatable bonds is 3. The Hall–Kier alpha value is -1.82. The van der Waals surface area contributed by atoms with Gasteiger partial charge >= 0.3 is 0 Å². The van der Waals surface area contributed by atoms with Gasteiger partial charge in [0.05, 0.1) is 18.2 Å². The zero-order chi connectivity index (χ0) is 11.4. The molecule has 0 aromatic heterocycles. The van der Waals surface area contributed by atoms with Crippen LogP contribution in [0.3, 0.4) is 0 Å². The first-order valence-corrected chi connectivity index (χ1v) is 4.76. The SMILES string of the molecule is CCc1cc(C#N)c(OC)c(C(C)=O)c1. The Morgan fingerprint density at radius 3 is 2.60 bits per heavy atom. The summed E-state index contributed by atoms with van der Waals surface area (Å²) >= 11 is 0. The topological polar surface area (TPSA) is 50.1 Å². The number of hydrogen-bond donors (Lipinski definition) is 0. The van der Waals surface area contributed by atoms with Gasteiger partial charge in [0.15, 0.2) is 5.78 Å². The van der Waals surface area contributed by atoms with Crippen molar-refractivity contribution in [2.45, 2.75) is 20.3 Å². The highest BCUT2D eigenvalue weighted by Gasteiger charge is 2.14. The van der Waals surface area contributed by atoms with Crippen molar-refractivity contribution in [1.29, 1.82) is 5.26 Å². The number of ether oxygens (including phenoxy) is 1. The van der Waals surface area contributed by atoms with Crippen LogP contribution in [0.5, 0.6) is 5.75 Å². The number of carbonyl (C=O) groups is 1. The molecule has 1 aromatic rings. The molecule has 0 spiro atoms. The Kier molecular flexibility index (Phi) is 3.46. The number of carbonyl (C=O) groups excluding carboxylic acids is 1. The number of Topliss-reactive ketones (excluding diaryl/α,β-unsaturated/α-hetero) is 1. The minimum Gasteiger partial charge on any atom is -0.495 e. The number of benzene rings is 1. The normalized spacial score (nSPS) is 9.47. The van der Waals surface area contributed by atoms with E-state index >= 15 is 0 Å². The van der Waals surface area contributed by atoms with E-state index < -0.39 is 0 Å². The molecule has 78 valence electrons. The summed E-state index contributed by atoms with van der Waals surface area (Å²) in [4.78, 5) is 11.4. The third kappa shape index (κ3) is 2.16. The van der Waals surface area contributed by atoms with E-state index in [-0.39, 0.29) is 5.78 Å². The predicted molar refractivity (Wildman–Crippen MR) is 57.1 cm³/mol. The van der Waals surface area contributed by atoms with Crippen LogP contribution in [0.2, 0.25) is 0 Å². The van der Waals surface area contributed by atoms with Gasteiger partial charge in [-0.25, -0.2) is 0 Å². The number of hydrogen-bond acceptors (Lipinski definition) is 3. The van der Waals surface area contributed by atoms with Crippen LogP contribution in [0.1, 0.15) is 35.3 Å². The predicted octanol–water partition coefficient (Wildman–Crippen LogP) is 2.33. The molecule has 0 radical (unpaired) electrons. The van der Waals surface area contributed by atoms with Crippen molar-refractivity contribution in [3.63, 3.8) is 0 Å². The van der Waals surface area contributed by atoms with Crippen LogP contribution < -0.4 is 4.74 Å². The first kappa shape index (κ1) is 11.3. The van der Waals surface area contributed by atoms with Gasteiger partial charge in [-0.3, -0.25) is 4.79 Å². The van der Waals surface area contributed by atoms with E-state index in [1.807, 2.05) is 13.0 Å². The first-order valence-electron chi connectivity index (χ1n) is 4.76. The zero-order valence-electron chi connectivity index (χ0n) is 9.13. The van der Waals surface area contributed by atoms with Crippen molar-refractivity contribution >= 4 is 5.78 Å². The molecule has 1 rings (SSSR count). The second-order valence-electron chi connectivity index (χ2n) is 3.25. The van der Waals surface area contributed by atoms with Gasteiger partial charge in [-0.2, -0.15) is 5.26 Å². The lowest BCUT2D eigenvalue weighted by atomic mass is 10.0. The number of nitriles is 1. The second kappa shape index (κ2) is 4.61. The van der Waals surface area contributed by atoms with Gasteiger partial charge in [-0.05, 0) is 31.0 Å². The molecule has 0 amide bonds. The summed E-state index contributed by atoms with van der Waals surface area (Å²) in [5.74, 6) is 0.292. The fraction of sp³-hybridized carbons (Fsp3) is 0.333. The molecule has 0 aliphatic heterocycles. The van der Waals surface area contributed by atoms with E-state index in [9.17, 15) is 4.79 Å². The fourth-order valence-electron chi connectivity index (χ4n) is 1.46. The van der Waals surface area contributed by atoms with Crippen LogP contribution in [-0.4, -0.2) is 12.9 Å². The number of methoxy groups -OCH3 is 1. The Morgan fingerprint density at radius 2 is 2.20 bits per heavy atom. The van der Waals surface area contributed by atoms with E-state index in [1.165, 1.54) is 14.0 Å². The average Bonchev–Trinajstić information content (AvgIpc) is 2.26. The quantitative estimate of drug-likeness (QED) is 0.708. The van der Waals surface area contributed by atoms with Crippen LogP contribution >= 0.6 is 0 Å². The lowest BCUT2D eigenvalue weighted by molar-refractivity contribution is 0.101. The molecule has 0 fully saturated rings. The minimum absolute atomic E-state index is 0.0846. The van der Waals surface area contributed by atoms with Crippen LogP contribution in [0.4, 0.5) is 0 Å². The molecular formula is C12H13NO2. The van der Waals surface area contributed by atoms with Gasteiger partial charge in [-0.15, -0.1) is 0 Å². The molecule has 0 saturated carbocycles. The maximum atomic E-state index is 11.4. The largest absolute Gasteiger partial charge is 0.495 e. The maximum Gasteiger partial charge on any atom is 0.163 e. The van der Waals surface area contributed by atoms with E-state index in [0.29, 0.717) is 16.9 Å². The summed E-state index contributed by atoms with van der Waals surface area (Å²) < 4.78 is 5.08. The van der Waals surface area contributed by atoms with Crippen LogP contribution in [0.25, 0.3) is 0 Å². The fourth-order valence-corrected chi connectivity index (χ4v) is 1.46. The molecule has 0 aliphatic rings. The van der Waals surface area contributed by atoms with E-state index in [1.54, 1.807) is 12.1 Å². The monoisotopic (exact) mass is 203 g/mol. The molecule has 0 aliphatic carbocycles. The highest BCUT2D eigenvalue weighted by atomic mass is 16.5. The van der Waals surface area contributed by atoms with Gasteiger partial charge in [0, 0.05) is 0 Å². The number of ketones is 1. The standard InChI is InChI=1S/C12H13NO2/c1-4-9-5-10(7-13)12(15-3)11(6-9)8(2)14/h5-6H,4H2,1-3H3. The van der Waals surface area contributed by atoms with Crippen molar-refractivity contribution in [3.8, 4) is 11.8 Å². The van der Waals surface area contributed by atoms with Crippen molar-refractivity contribution in [2.24, 2.45) is 0 Å². The van der Waals surface area contributed by atoms with Crippen molar-refractivity contribution in [3.05, 3.63) is 28.8 Å². The average molecular weight is 203 g/mol. The van der Waals surface area contributed by atoms with Crippen LogP contribution in [0.15, 0.2) is 12.1 Å². The molecule has 0 atom stereocenters. The Balaban J connectivity index is 3.48. The van der Waals surface area contributed by atoms with E-state index in [2.05, 4.69) is 0 Å².